The molecular weight excluding hydrogens is 386 g/mol. The van der Waals surface area contributed by atoms with Crippen LogP contribution >= 0.6 is 0 Å². The van der Waals surface area contributed by atoms with Gasteiger partial charge in [-0.05, 0) is 48.2 Å². The van der Waals surface area contributed by atoms with E-state index in [1.807, 2.05) is 19.1 Å². The lowest BCUT2D eigenvalue weighted by Gasteiger charge is -2.14. The van der Waals surface area contributed by atoms with Crippen molar-refractivity contribution in [3.8, 4) is 17.1 Å². The molecule has 0 aliphatic carbocycles. The second-order valence-electron chi connectivity index (χ2n) is 6.90. The Kier molecular flexibility index (Phi) is 6.85. The maximum absolute atomic E-state index is 12.1. The minimum Gasteiger partial charge on any atom is -0.484 e. The maximum Gasteiger partial charge on any atom is 0.344 e. The Morgan fingerprint density at radius 3 is 2.57 bits per heavy atom. The fraction of sp³-hybridized carbons (Fsp3) is 0.261. The molecule has 7 heteroatoms. The number of benzene rings is 2. The van der Waals surface area contributed by atoms with Crippen molar-refractivity contribution in [2.45, 2.75) is 32.2 Å². The van der Waals surface area contributed by atoms with Crippen molar-refractivity contribution in [3.05, 3.63) is 65.0 Å². The third-order valence-electron chi connectivity index (χ3n) is 4.66. The van der Waals surface area contributed by atoms with Gasteiger partial charge in [0.05, 0.1) is 5.39 Å². The molecule has 1 atom stereocenters. The minimum absolute atomic E-state index is 0.291. The molecule has 1 heterocycles. The zero-order valence-electron chi connectivity index (χ0n) is 16.6. The van der Waals surface area contributed by atoms with E-state index in [4.69, 9.17) is 9.15 Å². The number of carbonyl (C=O) groups is 2. The number of amides is 1. The highest BCUT2D eigenvalue weighted by Gasteiger charge is 2.19. The van der Waals surface area contributed by atoms with Crippen LogP contribution in [0.15, 0.2) is 63.8 Å². The summed E-state index contributed by atoms with van der Waals surface area (Å²) in [5.74, 6) is -0.679. The van der Waals surface area contributed by atoms with Crippen LogP contribution in [0.3, 0.4) is 0 Å². The molecule has 30 heavy (non-hydrogen) atoms. The van der Waals surface area contributed by atoms with Crippen LogP contribution in [0, 0.1) is 0 Å². The van der Waals surface area contributed by atoms with E-state index in [2.05, 4.69) is 5.32 Å². The van der Waals surface area contributed by atoms with Crippen molar-refractivity contribution < 1.29 is 23.8 Å². The van der Waals surface area contributed by atoms with E-state index in [1.54, 1.807) is 42.5 Å². The molecule has 3 rings (SSSR count). The summed E-state index contributed by atoms with van der Waals surface area (Å²) in [7, 11) is 0. The SMILES string of the molecule is CCCCC(NC(=O)COc1ccc(-c2cc3ccccc3c(=O)o2)cc1)C(=O)O. The lowest BCUT2D eigenvalue weighted by Crippen LogP contribution is -2.42. The minimum atomic E-state index is -1.06. The molecule has 2 N–H and O–H groups in total. The molecule has 0 bridgehead atoms. The van der Waals surface area contributed by atoms with Crippen LogP contribution in [0.4, 0.5) is 0 Å². The van der Waals surface area contributed by atoms with Gasteiger partial charge in [0.2, 0.25) is 0 Å². The largest absolute Gasteiger partial charge is 0.484 e. The molecule has 1 unspecified atom stereocenters. The fourth-order valence-corrected chi connectivity index (χ4v) is 3.04. The molecule has 0 aliphatic rings. The highest BCUT2D eigenvalue weighted by atomic mass is 16.5. The van der Waals surface area contributed by atoms with Gasteiger partial charge in [-0.3, -0.25) is 4.79 Å². The number of hydrogen-bond donors (Lipinski definition) is 2. The highest BCUT2D eigenvalue weighted by Crippen LogP contribution is 2.24. The molecule has 0 aliphatic heterocycles. The standard InChI is InChI=1S/C23H23NO6/c1-2-3-8-19(22(26)27)24-21(25)14-29-17-11-9-15(10-12-17)20-13-16-6-4-5-7-18(16)23(28)30-20/h4-7,9-13,19H,2-3,8,14H2,1H3,(H,24,25)(H,26,27). The molecule has 0 fully saturated rings. The first-order valence-electron chi connectivity index (χ1n) is 9.76. The molecule has 1 aromatic heterocycles. The number of rotatable bonds is 9. The summed E-state index contributed by atoms with van der Waals surface area (Å²) in [5, 5.41) is 12.9. The Morgan fingerprint density at radius 1 is 1.13 bits per heavy atom. The van der Waals surface area contributed by atoms with Crippen LogP contribution < -0.4 is 15.7 Å². The Labute approximate surface area is 173 Å². The number of ether oxygens (including phenoxy) is 1. The lowest BCUT2D eigenvalue weighted by molar-refractivity contribution is -0.142. The van der Waals surface area contributed by atoms with Gasteiger partial charge >= 0.3 is 11.6 Å². The Hall–Kier alpha value is -3.61. The number of unbranched alkanes of at least 4 members (excludes halogenated alkanes) is 1. The third-order valence-corrected chi connectivity index (χ3v) is 4.66. The highest BCUT2D eigenvalue weighted by molar-refractivity contribution is 5.85. The van der Waals surface area contributed by atoms with E-state index >= 15 is 0 Å². The van der Waals surface area contributed by atoms with Crippen molar-refractivity contribution in [2.24, 2.45) is 0 Å². The van der Waals surface area contributed by atoms with Crippen molar-refractivity contribution in [1.29, 1.82) is 0 Å². The normalized spacial score (nSPS) is 11.8. The summed E-state index contributed by atoms with van der Waals surface area (Å²) in [6, 6.07) is 14.8. The van der Waals surface area contributed by atoms with Gasteiger partial charge in [-0.15, -0.1) is 0 Å². The quantitative estimate of drug-likeness (QED) is 0.559. The van der Waals surface area contributed by atoms with E-state index in [9.17, 15) is 19.5 Å². The molecule has 7 nitrogen and oxygen atoms in total. The van der Waals surface area contributed by atoms with Gasteiger partial charge in [-0.1, -0.05) is 38.0 Å². The molecule has 0 saturated carbocycles. The first kappa shape index (κ1) is 21.1. The van der Waals surface area contributed by atoms with Gasteiger partial charge in [-0.25, -0.2) is 9.59 Å². The topological polar surface area (TPSA) is 106 Å². The van der Waals surface area contributed by atoms with Gasteiger partial charge in [0.25, 0.3) is 5.91 Å². The first-order valence-corrected chi connectivity index (χ1v) is 9.76. The molecular formula is C23H23NO6. The van der Waals surface area contributed by atoms with Gasteiger partial charge in [0, 0.05) is 5.56 Å². The first-order chi connectivity index (χ1) is 14.5. The molecule has 156 valence electrons. The van der Waals surface area contributed by atoms with Crippen LogP contribution in [-0.2, 0) is 9.59 Å². The van der Waals surface area contributed by atoms with E-state index in [0.717, 1.165) is 11.8 Å². The number of hydrogen-bond acceptors (Lipinski definition) is 5. The number of carboxylic acid groups (broad SMARTS) is 1. The zero-order chi connectivity index (χ0) is 21.5. The van der Waals surface area contributed by atoms with Crippen LogP contribution in [0.2, 0.25) is 0 Å². The van der Waals surface area contributed by atoms with E-state index in [1.165, 1.54) is 0 Å². The average Bonchev–Trinajstić information content (AvgIpc) is 2.75. The van der Waals surface area contributed by atoms with Crippen molar-refractivity contribution in [3.63, 3.8) is 0 Å². The van der Waals surface area contributed by atoms with Crippen LogP contribution in [-0.4, -0.2) is 29.6 Å². The number of aliphatic carboxylic acids is 1. The Morgan fingerprint density at radius 2 is 1.87 bits per heavy atom. The number of carboxylic acids is 1. The summed E-state index contributed by atoms with van der Waals surface area (Å²) < 4.78 is 10.8. The number of carbonyl (C=O) groups excluding carboxylic acids is 1. The van der Waals surface area contributed by atoms with Crippen LogP contribution in [0.25, 0.3) is 22.1 Å². The Bertz CT molecular complexity index is 1090. The smallest absolute Gasteiger partial charge is 0.344 e. The summed E-state index contributed by atoms with van der Waals surface area (Å²) in [5.41, 5.74) is 0.288. The van der Waals surface area contributed by atoms with E-state index in [-0.39, 0.29) is 6.61 Å². The zero-order valence-corrected chi connectivity index (χ0v) is 16.6. The monoisotopic (exact) mass is 409 g/mol. The molecule has 3 aromatic rings. The summed E-state index contributed by atoms with van der Waals surface area (Å²) >= 11 is 0. The predicted octanol–water partition coefficient (Wildman–Crippen LogP) is 3.60. The van der Waals surface area contributed by atoms with Gasteiger partial charge in [-0.2, -0.15) is 0 Å². The van der Waals surface area contributed by atoms with E-state index < -0.39 is 23.5 Å². The Balaban J connectivity index is 1.63. The number of nitrogens with one attached hydrogen (secondary N) is 1. The molecule has 0 saturated heterocycles. The van der Waals surface area contributed by atoms with E-state index in [0.29, 0.717) is 35.3 Å². The average molecular weight is 409 g/mol. The second-order valence-corrected chi connectivity index (χ2v) is 6.90. The van der Waals surface area contributed by atoms with Crippen molar-refractivity contribution in [2.75, 3.05) is 6.61 Å². The molecule has 1 amide bonds. The number of fused-ring (bicyclic) bond motifs is 1. The van der Waals surface area contributed by atoms with Gasteiger partial charge in [0.15, 0.2) is 6.61 Å². The van der Waals surface area contributed by atoms with Crippen LogP contribution in [0.5, 0.6) is 5.75 Å². The third kappa shape index (κ3) is 5.26. The lowest BCUT2D eigenvalue weighted by atomic mass is 10.1. The molecule has 0 spiro atoms. The maximum atomic E-state index is 12.1. The van der Waals surface area contributed by atoms with Gasteiger partial charge in [0.1, 0.15) is 17.6 Å². The fourth-order valence-electron chi connectivity index (χ4n) is 3.04. The summed E-state index contributed by atoms with van der Waals surface area (Å²) in [4.78, 5) is 35.3. The van der Waals surface area contributed by atoms with Crippen molar-refractivity contribution >= 4 is 22.6 Å². The van der Waals surface area contributed by atoms with Crippen molar-refractivity contribution in [1.82, 2.24) is 5.32 Å². The molecule has 2 aromatic carbocycles. The predicted molar refractivity (Wildman–Crippen MR) is 113 cm³/mol. The molecule has 0 radical (unpaired) electrons. The summed E-state index contributed by atoms with van der Waals surface area (Å²) in [6.07, 6.45) is 1.94. The second kappa shape index (κ2) is 9.73. The van der Waals surface area contributed by atoms with Gasteiger partial charge < -0.3 is 19.6 Å². The summed E-state index contributed by atoms with van der Waals surface area (Å²) in [6.45, 7) is 1.66. The van der Waals surface area contributed by atoms with Crippen LogP contribution in [0.1, 0.15) is 26.2 Å².